The summed E-state index contributed by atoms with van der Waals surface area (Å²) in [5, 5.41) is 0.0634. The zero-order valence-corrected chi connectivity index (χ0v) is 16.2. The quantitative estimate of drug-likeness (QED) is 0.535. The average molecular weight is 406 g/mol. The van der Waals surface area contributed by atoms with Gasteiger partial charge in [0.25, 0.3) is 11.1 Å². The zero-order valence-electron chi connectivity index (χ0n) is 14.6. The van der Waals surface area contributed by atoms with Crippen LogP contribution in [0.3, 0.4) is 0 Å². The van der Waals surface area contributed by atoms with E-state index in [0.717, 1.165) is 22.2 Å². The molecule has 1 aromatic carbocycles. The molecule has 1 aromatic heterocycles. The van der Waals surface area contributed by atoms with Crippen molar-refractivity contribution in [2.24, 2.45) is 0 Å². The van der Waals surface area contributed by atoms with E-state index in [0.29, 0.717) is 16.5 Å². The van der Waals surface area contributed by atoms with Crippen LogP contribution in [0, 0.1) is 0 Å². The lowest BCUT2D eigenvalue weighted by Crippen LogP contribution is -2.35. The Hall–Kier alpha value is -2.51. The van der Waals surface area contributed by atoms with Crippen LogP contribution >= 0.6 is 23.4 Å². The summed E-state index contributed by atoms with van der Waals surface area (Å²) in [6, 6.07) is 10.6. The van der Waals surface area contributed by atoms with Crippen molar-refractivity contribution in [1.82, 2.24) is 4.90 Å². The second-order valence-corrected chi connectivity index (χ2v) is 7.45. The Labute approximate surface area is 165 Å². The van der Waals surface area contributed by atoms with Crippen molar-refractivity contribution in [1.29, 1.82) is 0 Å². The van der Waals surface area contributed by atoms with Crippen LogP contribution in [0.4, 0.5) is 4.79 Å². The van der Waals surface area contributed by atoms with Gasteiger partial charge in [-0.1, -0.05) is 23.7 Å². The molecule has 0 saturated carbocycles. The molecule has 0 bridgehead atoms. The van der Waals surface area contributed by atoms with Crippen molar-refractivity contribution in [3.63, 3.8) is 0 Å². The topological polar surface area (TPSA) is 76.8 Å². The van der Waals surface area contributed by atoms with Gasteiger partial charge in [0.2, 0.25) is 0 Å². The summed E-state index contributed by atoms with van der Waals surface area (Å²) < 4.78 is 10.7. The van der Waals surface area contributed by atoms with Crippen LogP contribution < -0.4 is 0 Å². The summed E-state index contributed by atoms with van der Waals surface area (Å²) in [6.07, 6.45) is 1.16. The van der Waals surface area contributed by atoms with Gasteiger partial charge in [-0.05, 0) is 49.9 Å². The van der Waals surface area contributed by atoms with E-state index < -0.39 is 23.7 Å². The minimum absolute atomic E-state index is 0.185. The molecule has 27 heavy (non-hydrogen) atoms. The number of nitrogens with zero attached hydrogens (tertiary/aromatic N) is 1. The maximum absolute atomic E-state index is 12.4. The number of carbonyl (C=O) groups excluding carboxylic acids is 3. The molecule has 2 heterocycles. The minimum Gasteiger partial charge on any atom is -0.462 e. The summed E-state index contributed by atoms with van der Waals surface area (Å²) in [6.45, 7) is 2.98. The molecule has 1 aliphatic rings. The van der Waals surface area contributed by atoms with E-state index in [1.54, 1.807) is 38.1 Å². The summed E-state index contributed by atoms with van der Waals surface area (Å²) >= 11 is 6.74. The highest BCUT2D eigenvalue weighted by Gasteiger charge is 2.37. The van der Waals surface area contributed by atoms with Crippen molar-refractivity contribution in [2.45, 2.75) is 20.0 Å². The van der Waals surface area contributed by atoms with Crippen LogP contribution in [-0.4, -0.2) is 34.7 Å². The van der Waals surface area contributed by atoms with Gasteiger partial charge >= 0.3 is 5.97 Å². The third-order valence-electron chi connectivity index (χ3n) is 3.54. The third-order valence-corrected chi connectivity index (χ3v) is 4.68. The van der Waals surface area contributed by atoms with E-state index in [1.165, 1.54) is 6.08 Å². The molecule has 1 aliphatic heterocycles. The number of imide groups is 1. The van der Waals surface area contributed by atoms with Crippen LogP contribution in [0.1, 0.15) is 19.6 Å². The first-order valence-corrected chi connectivity index (χ1v) is 9.33. The van der Waals surface area contributed by atoms with E-state index in [9.17, 15) is 14.4 Å². The highest BCUT2D eigenvalue weighted by molar-refractivity contribution is 8.18. The van der Waals surface area contributed by atoms with Gasteiger partial charge in [0, 0.05) is 16.7 Å². The van der Waals surface area contributed by atoms with E-state index >= 15 is 0 Å². The van der Waals surface area contributed by atoms with Gasteiger partial charge in [0.1, 0.15) is 18.1 Å². The van der Waals surface area contributed by atoms with Crippen LogP contribution in [0.5, 0.6) is 0 Å². The van der Waals surface area contributed by atoms with Gasteiger partial charge in [-0.2, -0.15) is 0 Å². The van der Waals surface area contributed by atoms with E-state index in [-0.39, 0.29) is 11.0 Å². The normalized spacial score (nSPS) is 15.9. The maximum atomic E-state index is 12.4. The van der Waals surface area contributed by atoms with Crippen molar-refractivity contribution >= 4 is 46.6 Å². The molecule has 2 aromatic rings. The first-order valence-electron chi connectivity index (χ1n) is 8.14. The van der Waals surface area contributed by atoms with Crippen LogP contribution in [0.2, 0.25) is 5.02 Å². The Bertz CT molecular complexity index is 934. The SMILES string of the molecule is CC(C)OC(=O)CN1C(=O)S/C(=C/c2ccc(-c3cccc(Cl)c3)o2)C1=O. The van der Waals surface area contributed by atoms with Crippen molar-refractivity contribution in [3.05, 3.63) is 52.1 Å². The Balaban J connectivity index is 1.75. The van der Waals surface area contributed by atoms with Gasteiger partial charge in [0.05, 0.1) is 11.0 Å². The number of benzene rings is 1. The lowest BCUT2D eigenvalue weighted by Gasteiger charge is -2.13. The highest BCUT2D eigenvalue weighted by Crippen LogP contribution is 2.33. The monoisotopic (exact) mass is 405 g/mol. The Kier molecular flexibility index (Phi) is 5.72. The standard InChI is InChI=1S/C19H16ClNO5S/c1-11(2)25-17(22)10-21-18(23)16(27-19(21)24)9-14-6-7-15(26-14)12-4-3-5-13(20)8-12/h3-9,11H,10H2,1-2H3/b16-9+. The van der Waals surface area contributed by atoms with Gasteiger partial charge < -0.3 is 9.15 Å². The number of rotatable bonds is 5. The largest absolute Gasteiger partial charge is 0.462 e. The summed E-state index contributed by atoms with van der Waals surface area (Å²) in [5.74, 6) is -0.176. The molecule has 1 fully saturated rings. The molecular weight excluding hydrogens is 390 g/mol. The predicted octanol–water partition coefficient (Wildman–Crippen LogP) is 4.59. The highest BCUT2D eigenvalue weighted by atomic mass is 35.5. The Morgan fingerprint density at radius 2 is 2.07 bits per heavy atom. The first kappa shape index (κ1) is 19.3. The number of ether oxygens (including phenoxy) is 1. The molecule has 2 amide bonds. The molecule has 140 valence electrons. The summed E-state index contributed by atoms with van der Waals surface area (Å²) in [5.41, 5.74) is 0.798. The van der Waals surface area contributed by atoms with Crippen LogP contribution in [-0.2, 0) is 14.3 Å². The molecule has 1 saturated heterocycles. The summed E-state index contributed by atoms with van der Waals surface area (Å²) in [7, 11) is 0. The zero-order chi connectivity index (χ0) is 19.6. The molecule has 8 heteroatoms. The molecule has 0 radical (unpaired) electrons. The molecule has 0 N–H and O–H groups in total. The number of carbonyl (C=O) groups is 3. The molecule has 0 aliphatic carbocycles. The molecule has 3 rings (SSSR count). The third kappa shape index (κ3) is 4.61. The van der Waals surface area contributed by atoms with Gasteiger partial charge in [-0.3, -0.25) is 19.3 Å². The fourth-order valence-electron chi connectivity index (χ4n) is 2.42. The number of furan rings is 1. The molecule has 0 atom stereocenters. The number of hydrogen-bond donors (Lipinski definition) is 0. The van der Waals surface area contributed by atoms with E-state index in [1.807, 2.05) is 12.1 Å². The second kappa shape index (κ2) is 8.02. The number of thioether (sulfide) groups is 1. The van der Waals surface area contributed by atoms with E-state index in [4.69, 9.17) is 20.8 Å². The number of esters is 1. The van der Waals surface area contributed by atoms with Gasteiger partial charge in [-0.25, -0.2) is 0 Å². The number of amides is 2. The maximum Gasteiger partial charge on any atom is 0.326 e. The Morgan fingerprint density at radius 1 is 1.30 bits per heavy atom. The van der Waals surface area contributed by atoms with Gasteiger partial charge in [0.15, 0.2) is 0 Å². The predicted molar refractivity (Wildman–Crippen MR) is 103 cm³/mol. The molecular formula is C19H16ClNO5S. The fraction of sp³-hybridized carbons (Fsp3) is 0.211. The van der Waals surface area contributed by atoms with Crippen molar-refractivity contribution < 1.29 is 23.5 Å². The second-order valence-electron chi connectivity index (χ2n) is 6.02. The number of hydrogen-bond acceptors (Lipinski definition) is 6. The van der Waals surface area contributed by atoms with Crippen LogP contribution in [0.15, 0.2) is 45.7 Å². The molecule has 6 nitrogen and oxygen atoms in total. The van der Waals surface area contributed by atoms with Crippen molar-refractivity contribution in [2.75, 3.05) is 6.54 Å². The molecule has 0 spiro atoms. The van der Waals surface area contributed by atoms with E-state index in [2.05, 4.69) is 0 Å². The number of halogens is 1. The van der Waals surface area contributed by atoms with Gasteiger partial charge in [-0.15, -0.1) is 0 Å². The first-order chi connectivity index (χ1) is 12.8. The van der Waals surface area contributed by atoms with Crippen molar-refractivity contribution in [3.8, 4) is 11.3 Å². The lowest BCUT2D eigenvalue weighted by molar-refractivity contribution is -0.149. The average Bonchev–Trinajstić information content (AvgIpc) is 3.15. The fourth-order valence-corrected chi connectivity index (χ4v) is 3.43. The Morgan fingerprint density at radius 3 is 2.78 bits per heavy atom. The smallest absolute Gasteiger partial charge is 0.326 e. The molecule has 0 unspecified atom stereocenters. The lowest BCUT2D eigenvalue weighted by atomic mass is 10.2. The van der Waals surface area contributed by atoms with Crippen LogP contribution in [0.25, 0.3) is 17.4 Å². The summed E-state index contributed by atoms with van der Waals surface area (Å²) in [4.78, 5) is 37.2. The minimum atomic E-state index is -0.630.